The van der Waals surface area contributed by atoms with Gasteiger partial charge in [-0.2, -0.15) is 0 Å². The molecule has 0 aromatic heterocycles. The van der Waals surface area contributed by atoms with E-state index < -0.39 is 9.84 Å². The molecule has 0 radical (unpaired) electrons. The molecule has 20 heavy (non-hydrogen) atoms. The maximum Gasteiger partial charge on any atom is 0.150 e. The van der Waals surface area contributed by atoms with Gasteiger partial charge in [0, 0.05) is 6.04 Å². The van der Waals surface area contributed by atoms with Gasteiger partial charge in [-0.3, -0.25) is 0 Å². The highest BCUT2D eigenvalue weighted by Crippen LogP contribution is 2.43. The van der Waals surface area contributed by atoms with Crippen molar-refractivity contribution < 1.29 is 13.2 Å². The third-order valence-corrected chi connectivity index (χ3v) is 7.31. The molecular weight excluding hydrogens is 274 g/mol. The zero-order valence-corrected chi connectivity index (χ0v) is 13.0. The van der Waals surface area contributed by atoms with E-state index in [9.17, 15) is 8.42 Å². The van der Waals surface area contributed by atoms with Gasteiger partial charge >= 0.3 is 0 Å². The molecule has 0 aromatic rings. The predicted molar refractivity (Wildman–Crippen MR) is 79.3 cm³/mol. The Morgan fingerprint density at radius 2 is 1.90 bits per heavy atom. The quantitative estimate of drug-likeness (QED) is 0.866. The summed E-state index contributed by atoms with van der Waals surface area (Å²) in [6.07, 6.45) is 10.4. The van der Waals surface area contributed by atoms with E-state index in [4.69, 9.17) is 10.5 Å². The molecule has 2 N–H and O–H groups in total. The number of rotatable bonds is 3. The first kappa shape index (κ1) is 14.8. The molecule has 116 valence electrons. The summed E-state index contributed by atoms with van der Waals surface area (Å²) in [5.74, 6) is 0.749. The van der Waals surface area contributed by atoms with Gasteiger partial charge < -0.3 is 10.5 Å². The van der Waals surface area contributed by atoms with Gasteiger partial charge in [-0.15, -0.1) is 0 Å². The van der Waals surface area contributed by atoms with Gasteiger partial charge in [-0.1, -0.05) is 19.3 Å². The summed E-state index contributed by atoms with van der Waals surface area (Å²) in [6.45, 7) is 0. The fourth-order valence-electron chi connectivity index (χ4n) is 4.28. The maximum atomic E-state index is 11.5. The highest BCUT2D eigenvalue weighted by atomic mass is 32.2. The molecule has 4 nitrogen and oxygen atoms in total. The topological polar surface area (TPSA) is 69.4 Å². The Balaban J connectivity index is 1.51. The van der Waals surface area contributed by atoms with Crippen LogP contribution in [0.15, 0.2) is 0 Å². The average Bonchev–Trinajstić information content (AvgIpc) is 2.95. The normalized spacial score (nSPS) is 37.2. The van der Waals surface area contributed by atoms with Crippen LogP contribution in [0.5, 0.6) is 0 Å². The van der Waals surface area contributed by atoms with Crippen molar-refractivity contribution in [2.24, 2.45) is 11.7 Å². The average molecular weight is 301 g/mol. The van der Waals surface area contributed by atoms with Gasteiger partial charge in [0.05, 0.1) is 23.2 Å². The van der Waals surface area contributed by atoms with E-state index >= 15 is 0 Å². The van der Waals surface area contributed by atoms with Gasteiger partial charge in [-0.05, 0) is 44.4 Å². The molecular formula is C15H27NO3S. The van der Waals surface area contributed by atoms with Crippen LogP contribution in [0.2, 0.25) is 0 Å². The molecule has 3 unspecified atom stereocenters. The first-order valence-electron chi connectivity index (χ1n) is 8.12. The van der Waals surface area contributed by atoms with Crippen molar-refractivity contribution in [2.75, 3.05) is 11.5 Å². The minimum absolute atomic E-state index is 0.0176. The minimum Gasteiger partial charge on any atom is -0.372 e. The molecule has 1 saturated carbocycles. The van der Waals surface area contributed by atoms with Crippen LogP contribution in [0.3, 0.4) is 0 Å². The SMILES string of the molecule is NC(CC1CCC2(CCCCC2)O1)C1CCS(=O)(=O)C1. The van der Waals surface area contributed by atoms with E-state index in [2.05, 4.69) is 0 Å². The molecule has 0 bridgehead atoms. The summed E-state index contributed by atoms with van der Waals surface area (Å²) >= 11 is 0. The first-order chi connectivity index (χ1) is 9.48. The van der Waals surface area contributed by atoms with Crippen LogP contribution < -0.4 is 5.73 Å². The van der Waals surface area contributed by atoms with Gasteiger partial charge in [0.15, 0.2) is 9.84 Å². The molecule has 0 aromatic carbocycles. The number of ether oxygens (including phenoxy) is 1. The zero-order chi connectivity index (χ0) is 14.2. The highest BCUT2D eigenvalue weighted by Gasteiger charge is 2.42. The van der Waals surface area contributed by atoms with Gasteiger partial charge in [0.25, 0.3) is 0 Å². The Morgan fingerprint density at radius 1 is 1.15 bits per heavy atom. The Bertz CT molecular complexity index is 442. The molecule has 2 saturated heterocycles. The van der Waals surface area contributed by atoms with Gasteiger partial charge in [0.2, 0.25) is 0 Å². The Morgan fingerprint density at radius 3 is 2.55 bits per heavy atom. The van der Waals surface area contributed by atoms with E-state index in [0.717, 1.165) is 19.3 Å². The molecule has 2 aliphatic heterocycles. The first-order valence-corrected chi connectivity index (χ1v) is 9.94. The lowest BCUT2D eigenvalue weighted by Gasteiger charge is -2.34. The van der Waals surface area contributed by atoms with Crippen molar-refractivity contribution in [3.05, 3.63) is 0 Å². The third kappa shape index (κ3) is 3.20. The second kappa shape index (κ2) is 5.58. The van der Waals surface area contributed by atoms with Crippen molar-refractivity contribution in [3.8, 4) is 0 Å². The summed E-state index contributed by atoms with van der Waals surface area (Å²) in [5.41, 5.74) is 6.40. The molecule has 3 fully saturated rings. The minimum atomic E-state index is -2.82. The molecule has 2 heterocycles. The second-order valence-electron chi connectivity index (χ2n) is 7.08. The molecule has 1 aliphatic carbocycles. The smallest absolute Gasteiger partial charge is 0.150 e. The maximum absolute atomic E-state index is 11.5. The van der Waals surface area contributed by atoms with Crippen molar-refractivity contribution >= 4 is 9.84 Å². The van der Waals surface area contributed by atoms with Crippen molar-refractivity contribution in [3.63, 3.8) is 0 Å². The van der Waals surface area contributed by atoms with Crippen LogP contribution in [-0.4, -0.2) is 37.7 Å². The monoisotopic (exact) mass is 301 g/mol. The van der Waals surface area contributed by atoms with E-state index in [1.54, 1.807) is 0 Å². The van der Waals surface area contributed by atoms with Crippen LogP contribution in [0.4, 0.5) is 0 Å². The lowest BCUT2D eigenvalue weighted by Crippen LogP contribution is -2.36. The molecule has 3 rings (SSSR count). The fourth-order valence-corrected chi connectivity index (χ4v) is 6.18. The fraction of sp³-hybridized carbons (Fsp3) is 1.00. The molecule has 3 atom stereocenters. The van der Waals surface area contributed by atoms with E-state index in [-0.39, 0.29) is 29.4 Å². The van der Waals surface area contributed by atoms with Crippen LogP contribution in [0.25, 0.3) is 0 Å². The summed E-state index contributed by atoms with van der Waals surface area (Å²) < 4.78 is 29.4. The molecule has 3 aliphatic rings. The van der Waals surface area contributed by atoms with Crippen molar-refractivity contribution in [2.45, 2.75) is 75.5 Å². The molecule has 5 heteroatoms. The summed E-state index contributed by atoms with van der Waals surface area (Å²) in [4.78, 5) is 0. The van der Waals surface area contributed by atoms with E-state index in [0.29, 0.717) is 5.75 Å². The third-order valence-electron chi connectivity index (χ3n) is 5.51. The Labute approximate surface area is 122 Å². The van der Waals surface area contributed by atoms with Crippen molar-refractivity contribution in [1.82, 2.24) is 0 Å². The number of hydrogen-bond donors (Lipinski definition) is 1. The van der Waals surface area contributed by atoms with Crippen LogP contribution in [-0.2, 0) is 14.6 Å². The summed E-state index contributed by atoms with van der Waals surface area (Å²) in [6, 6.07) is -0.0176. The highest BCUT2D eigenvalue weighted by molar-refractivity contribution is 7.91. The standard InChI is InChI=1S/C15H27NO3S/c16-14(12-5-9-20(17,18)11-12)10-13-4-8-15(19-13)6-2-1-3-7-15/h12-14H,1-11,16H2. The second-order valence-corrected chi connectivity index (χ2v) is 9.31. The predicted octanol–water partition coefficient (Wildman–Crippen LogP) is 2.02. The molecule has 0 amide bonds. The zero-order valence-electron chi connectivity index (χ0n) is 12.2. The van der Waals surface area contributed by atoms with Crippen molar-refractivity contribution in [1.29, 1.82) is 0 Å². The number of nitrogens with two attached hydrogens (primary N) is 1. The number of sulfone groups is 1. The summed E-state index contributed by atoms with van der Waals surface area (Å²) in [7, 11) is -2.82. The lowest BCUT2D eigenvalue weighted by molar-refractivity contribution is -0.0681. The van der Waals surface area contributed by atoms with Crippen LogP contribution >= 0.6 is 0 Å². The Hall–Kier alpha value is -0.130. The molecule has 1 spiro atoms. The summed E-state index contributed by atoms with van der Waals surface area (Å²) in [5, 5.41) is 0. The van der Waals surface area contributed by atoms with E-state index in [1.807, 2.05) is 0 Å². The van der Waals surface area contributed by atoms with Crippen LogP contribution in [0.1, 0.15) is 57.8 Å². The van der Waals surface area contributed by atoms with Crippen LogP contribution in [0, 0.1) is 5.92 Å². The van der Waals surface area contributed by atoms with Gasteiger partial charge in [-0.25, -0.2) is 8.42 Å². The Kier molecular flexibility index (Phi) is 4.13. The largest absolute Gasteiger partial charge is 0.372 e. The van der Waals surface area contributed by atoms with Gasteiger partial charge in [0.1, 0.15) is 0 Å². The lowest BCUT2D eigenvalue weighted by atomic mass is 9.83. The number of hydrogen-bond acceptors (Lipinski definition) is 4. The van der Waals surface area contributed by atoms with E-state index in [1.165, 1.54) is 38.5 Å².